The van der Waals surface area contributed by atoms with E-state index >= 15 is 0 Å². The Morgan fingerprint density at radius 2 is 1.46 bits per heavy atom. The van der Waals surface area contributed by atoms with Gasteiger partial charge in [-0.1, -0.05) is 52.9 Å². The molecule has 0 radical (unpaired) electrons. The van der Waals surface area contributed by atoms with Crippen LogP contribution in [0.15, 0.2) is 0 Å². The molecule has 0 saturated carbocycles. The Morgan fingerprint density at radius 1 is 0.923 bits per heavy atom. The molecule has 13 heavy (non-hydrogen) atoms. The highest BCUT2D eigenvalue weighted by Crippen LogP contribution is 2.27. The van der Waals surface area contributed by atoms with Gasteiger partial charge in [-0.05, 0) is 24.4 Å². The highest BCUT2D eigenvalue weighted by Gasteiger charge is 2.16. The normalized spacial score (nSPS) is 15.7. The molecule has 3 unspecified atom stereocenters. The van der Waals surface area contributed by atoms with Crippen LogP contribution in [0.2, 0.25) is 0 Å². The third kappa shape index (κ3) is 5.68. The summed E-state index contributed by atoms with van der Waals surface area (Å²) in [7, 11) is 2.87. The van der Waals surface area contributed by atoms with Crippen LogP contribution < -0.4 is 0 Å². The molecule has 0 fully saturated rings. The number of hydrogen-bond donors (Lipinski definition) is 0. The quantitative estimate of drug-likeness (QED) is 0.508. The van der Waals surface area contributed by atoms with E-state index in [4.69, 9.17) is 0 Å². The van der Waals surface area contributed by atoms with Crippen LogP contribution in [0.5, 0.6) is 0 Å². The van der Waals surface area contributed by atoms with Gasteiger partial charge in [0.15, 0.2) is 0 Å². The van der Waals surface area contributed by atoms with E-state index in [-0.39, 0.29) is 0 Å². The topological polar surface area (TPSA) is 0 Å². The zero-order chi connectivity index (χ0) is 10.1. The number of hydrogen-bond acceptors (Lipinski definition) is 0. The van der Waals surface area contributed by atoms with Crippen molar-refractivity contribution in [2.24, 2.45) is 11.8 Å². The average molecular weight is 202 g/mol. The van der Waals surface area contributed by atoms with Crippen LogP contribution in [-0.4, -0.2) is 6.16 Å². The minimum atomic E-state index is 0.981. The van der Waals surface area contributed by atoms with Crippen molar-refractivity contribution >= 4 is 9.24 Å². The second kappa shape index (κ2) is 9.00. The van der Waals surface area contributed by atoms with E-state index in [9.17, 15) is 0 Å². The summed E-state index contributed by atoms with van der Waals surface area (Å²) in [6.07, 6.45) is 9.67. The highest BCUT2D eigenvalue weighted by molar-refractivity contribution is 7.16. The van der Waals surface area contributed by atoms with Crippen LogP contribution in [-0.2, 0) is 0 Å². The van der Waals surface area contributed by atoms with Crippen molar-refractivity contribution in [3.05, 3.63) is 0 Å². The molecule has 0 nitrogen and oxygen atoms in total. The predicted molar refractivity (Wildman–Crippen MR) is 66.3 cm³/mol. The van der Waals surface area contributed by atoms with Gasteiger partial charge in [0, 0.05) is 0 Å². The van der Waals surface area contributed by atoms with Gasteiger partial charge < -0.3 is 0 Å². The molecule has 0 aromatic rings. The Bertz CT molecular complexity index is 101. The Balaban J connectivity index is 3.84. The Morgan fingerprint density at radius 3 is 1.85 bits per heavy atom. The summed E-state index contributed by atoms with van der Waals surface area (Å²) in [6, 6.07) is 0. The fraction of sp³-hybridized carbons (Fsp3) is 1.00. The van der Waals surface area contributed by atoms with Gasteiger partial charge in [0.2, 0.25) is 0 Å². The zero-order valence-corrected chi connectivity index (χ0v) is 10.8. The van der Waals surface area contributed by atoms with Gasteiger partial charge in [-0.15, -0.1) is 9.24 Å². The third-order valence-corrected chi connectivity index (χ3v) is 3.51. The van der Waals surface area contributed by atoms with Crippen LogP contribution in [0.25, 0.3) is 0 Å². The van der Waals surface area contributed by atoms with Crippen LogP contribution in [0.1, 0.15) is 59.3 Å². The van der Waals surface area contributed by atoms with Gasteiger partial charge in [0.25, 0.3) is 0 Å². The Kier molecular flexibility index (Phi) is 9.30. The van der Waals surface area contributed by atoms with E-state index in [1.807, 2.05) is 0 Å². The van der Waals surface area contributed by atoms with Crippen molar-refractivity contribution in [1.29, 1.82) is 0 Å². The lowest BCUT2D eigenvalue weighted by atomic mass is 9.82. The molecule has 80 valence electrons. The number of unbranched alkanes of at least 4 members (excludes halogenated alkanes) is 1. The molecule has 0 aliphatic heterocycles. The lowest BCUT2D eigenvalue weighted by Crippen LogP contribution is -2.14. The fourth-order valence-corrected chi connectivity index (χ4v) is 2.65. The van der Waals surface area contributed by atoms with E-state index in [0.29, 0.717) is 0 Å². The molecule has 0 heterocycles. The Labute approximate surface area is 87.1 Å². The Hall–Kier alpha value is 0.430. The highest BCUT2D eigenvalue weighted by atomic mass is 31.0. The summed E-state index contributed by atoms with van der Waals surface area (Å²) in [4.78, 5) is 0. The lowest BCUT2D eigenvalue weighted by molar-refractivity contribution is 0.282. The lowest BCUT2D eigenvalue weighted by Gasteiger charge is -2.24. The van der Waals surface area contributed by atoms with Gasteiger partial charge >= 0.3 is 0 Å². The predicted octanol–water partition coefficient (Wildman–Crippen LogP) is 4.49. The smallest absolute Gasteiger partial charge is 0.0378 e. The molecular formula is C12H27P. The second-order valence-electron chi connectivity index (χ2n) is 4.06. The summed E-state index contributed by atoms with van der Waals surface area (Å²) >= 11 is 0. The maximum atomic E-state index is 2.87. The van der Waals surface area contributed by atoms with Gasteiger partial charge in [0.05, 0.1) is 0 Å². The first-order valence-corrected chi connectivity index (χ1v) is 6.81. The SMILES string of the molecule is CCCCC(CC)C(CC)CCP. The third-order valence-electron chi connectivity index (χ3n) is 3.18. The number of rotatable bonds is 8. The van der Waals surface area contributed by atoms with Crippen LogP contribution >= 0.6 is 9.24 Å². The molecule has 0 N–H and O–H groups in total. The van der Waals surface area contributed by atoms with E-state index in [0.717, 1.165) is 11.8 Å². The first kappa shape index (κ1) is 13.4. The molecule has 1 heteroatoms. The molecular weight excluding hydrogens is 175 g/mol. The zero-order valence-electron chi connectivity index (χ0n) is 9.68. The summed E-state index contributed by atoms with van der Waals surface area (Å²) < 4.78 is 0. The first-order valence-electron chi connectivity index (χ1n) is 6.00. The maximum absolute atomic E-state index is 2.87. The van der Waals surface area contributed by atoms with E-state index in [1.165, 1.54) is 44.7 Å². The van der Waals surface area contributed by atoms with Crippen molar-refractivity contribution in [1.82, 2.24) is 0 Å². The second-order valence-corrected chi connectivity index (χ2v) is 4.63. The fourth-order valence-electron chi connectivity index (χ4n) is 2.23. The maximum Gasteiger partial charge on any atom is -0.0378 e. The molecule has 0 amide bonds. The molecule has 0 rings (SSSR count). The minimum Gasteiger partial charge on any atom is -0.138 e. The summed E-state index contributed by atoms with van der Waals surface area (Å²) in [5.74, 6) is 1.97. The molecule has 3 atom stereocenters. The summed E-state index contributed by atoms with van der Waals surface area (Å²) in [5.41, 5.74) is 0. The van der Waals surface area contributed by atoms with Gasteiger partial charge in [-0.25, -0.2) is 0 Å². The molecule has 0 aliphatic carbocycles. The summed E-state index contributed by atoms with van der Waals surface area (Å²) in [6.45, 7) is 6.99. The molecule has 0 aliphatic rings. The van der Waals surface area contributed by atoms with Crippen molar-refractivity contribution < 1.29 is 0 Å². The van der Waals surface area contributed by atoms with Crippen LogP contribution in [0.4, 0.5) is 0 Å². The van der Waals surface area contributed by atoms with Gasteiger partial charge in [-0.3, -0.25) is 0 Å². The van der Waals surface area contributed by atoms with E-state index in [1.54, 1.807) is 0 Å². The van der Waals surface area contributed by atoms with Crippen molar-refractivity contribution in [2.75, 3.05) is 6.16 Å². The first-order chi connectivity index (χ1) is 6.29. The standard InChI is InChI=1S/C12H27P/c1-4-7-8-11(5-2)12(6-3)9-10-13/h11-12H,4-10,13H2,1-3H3. The van der Waals surface area contributed by atoms with E-state index < -0.39 is 0 Å². The van der Waals surface area contributed by atoms with Crippen molar-refractivity contribution in [3.63, 3.8) is 0 Å². The largest absolute Gasteiger partial charge is 0.138 e. The van der Waals surface area contributed by atoms with Crippen molar-refractivity contribution in [3.8, 4) is 0 Å². The van der Waals surface area contributed by atoms with E-state index in [2.05, 4.69) is 30.0 Å². The summed E-state index contributed by atoms with van der Waals surface area (Å²) in [5, 5.41) is 0. The molecule has 0 bridgehead atoms. The molecule has 0 aromatic heterocycles. The molecule has 0 spiro atoms. The molecule has 0 aromatic carbocycles. The minimum absolute atomic E-state index is 0.981. The van der Waals surface area contributed by atoms with Crippen molar-refractivity contribution in [2.45, 2.75) is 59.3 Å². The average Bonchev–Trinajstić information content (AvgIpc) is 2.17. The van der Waals surface area contributed by atoms with Crippen LogP contribution in [0.3, 0.4) is 0 Å². The monoisotopic (exact) mass is 202 g/mol. The van der Waals surface area contributed by atoms with Gasteiger partial charge in [-0.2, -0.15) is 0 Å². The van der Waals surface area contributed by atoms with Gasteiger partial charge in [0.1, 0.15) is 0 Å². The molecule has 0 saturated heterocycles. The van der Waals surface area contributed by atoms with Crippen LogP contribution in [0, 0.1) is 11.8 Å².